The van der Waals surface area contributed by atoms with Gasteiger partial charge in [0.05, 0.1) is 25.5 Å². The monoisotopic (exact) mass is 405 g/mol. The quantitative estimate of drug-likeness (QED) is 0.677. The van der Waals surface area contributed by atoms with Gasteiger partial charge in [-0.25, -0.2) is 4.68 Å². The molecule has 1 N–H and O–H groups in total. The fraction of sp³-hybridized carbons (Fsp3) is 0.200. The summed E-state index contributed by atoms with van der Waals surface area (Å²) in [6.07, 6.45) is -3.14. The summed E-state index contributed by atoms with van der Waals surface area (Å²) < 4.78 is 49.7. The lowest BCUT2D eigenvalue weighted by atomic mass is 10.1. The summed E-state index contributed by atoms with van der Waals surface area (Å²) in [6.45, 7) is -1.45. The van der Waals surface area contributed by atoms with Gasteiger partial charge in [0.25, 0.3) is 5.91 Å². The number of methoxy groups -OCH3 is 2. The molecule has 6 nitrogen and oxygen atoms in total. The van der Waals surface area contributed by atoms with Crippen molar-refractivity contribution in [3.8, 4) is 28.4 Å². The van der Waals surface area contributed by atoms with Crippen molar-refractivity contribution in [3.05, 3.63) is 60.3 Å². The van der Waals surface area contributed by atoms with Crippen LogP contribution in [0.5, 0.6) is 11.5 Å². The van der Waals surface area contributed by atoms with Gasteiger partial charge in [-0.05, 0) is 30.3 Å². The zero-order valence-corrected chi connectivity index (χ0v) is 15.7. The van der Waals surface area contributed by atoms with Crippen molar-refractivity contribution >= 4 is 5.91 Å². The molecule has 0 bridgehead atoms. The summed E-state index contributed by atoms with van der Waals surface area (Å²) in [6, 6.07) is 13.8. The number of rotatable bonds is 6. The van der Waals surface area contributed by atoms with E-state index in [9.17, 15) is 18.0 Å². The van der Waals surface area contributed by atoms with Crippen LogP contribution < -0.4 is 14.8 Å². The van der Waals surface area contributed by atoms with E-state index in [1.165, 1.54) is 25.1 Å². The van der Waals surface area contributed by atoms with Gasteiger partial charge in [0, 0.05) is 11.8 Å². The molecule has 0 aliphatic heterocycles. The van der Waals surface area contributed by atoms with Gasteiger partial charge >= 0.3 is 6.18 Å². The molecular weight excluding hydrogens is 387 g/mol. The molecule has 2 aromatic carbocycles. The predicted octanol–water partition coefficient (Wildman–Crippen LogP) is 3.85. The number of aromatic nitrogens is 2. The lowest BCUT2D eigenvalue weighted by Gasteiger charge is -2.11. The van der Waals surface area contributed by atoms with Gasteiger partial charge in [-0.3, -0.25) is 4.79 Å². The van der Waals surface area contributed by atoms with Crippen LogP contribution >= 0.6 is 0 Å². The fourth-order valence-electron chi connectivity index (χ4n) is 2.73. The van der Waals surface area contributed by atoms with Crippen LogP contribution in [0, 0.1) is 0 Å². The van der Waals surface area contributed by atoms with E-state index in [1.54, 1.807) is 42.5 Å². The summed E-state index contributed by atoms with van der Waals surface area (Å²) in [5.41, 5.74) is 1.21. The Morgan fingerprint density at radius 1 is 1.10 bits per heavy atom. The van der Waals surface area contributed by atoms with Crippen molar-refractivity contribution in [1.82, 2.24) is 15.1 Å². The predicted molar refractivity (Wildman–Crippen MR) is 100 cm³/mol. The van der Waals surface area contributed by atoms with Crippen LogP contribution in [0.2, 0.25) is 0 Å². The van der Waals surface area contributed by atoms with E-state index in [0.717, 1.165) is 0 Å². The van der Waals surface area contributed by atoms with Crippen molar-refractivity contribution in [1.29, 1.82) is 0 Å². The first kappa shape index (κ1) is 20.2. The van der Waals surface area contributed by atoms with Gasteiger partial charge in [-0.15, -0.1) is 0 Å². The molecule has 0 aliphatic carbocycles. The van der Waals surface area contributed by atoms with Crippen molar-refractivity contribution in [2.24, 2.45) is 0 Å². The molecule has 0 aliphatic rings. The molecule has 0 saturated carbocycles. The second-order valence-electron chi connectivity index (χ2n) is 6.04. The van der Waals surface area contributed by atoms with E-state index < -0.39 is 18.6 Å². The molecule has 0 fully saturated rings. The highest BCUT2D eigenvalue weighted by Gasteiger charge is 2.29. The van der Waals surface area contributed by atoms with Gasteiger partial charge in [-0.2, -0.15) is 18.3 Å². The molecule has 0 atom stereocenters. The van der Waals surface area contributed by atoms with Gasteiger partial charge in [0.2, 0.25) is 0 Å². The molecule has 0 unspecified atom stereocenters. The number of carbonyl (C=O) groups excluding carboxylic acids is 1. The van der Waals surface area contributed by atoms with Crippen LogP contribution in [0.4, 0.5) is 13.2 Å². The maximum Gasteiger partial charge on any atom is 0.405 e. The van der Waals surface area contributed by atoms with E-state index in [4.69, 9.17) is 9.47 Å². The molecule has 152 valence electrons. The molecule has 0 spiro atoms. The first-order valence-electron chi connectivity index (χ1n) is 8.55. The molecule has 1 heterocycles. The molecule has 0 saturated heterocycles. The van der Waals surface area contributed by atoms with Gasteiger partial charge in [0.15, 0.2) is 0 Å². The minimum absolute atomic E-state index is 0.0235. The van der Waals surface area contributed by atoms with Crippen LogP contribution in [-0.2, 0) is 0 Å². The van der Waals surface area contributed by atoms with Crippen LogP contribution in [-0.4, -0.2) is 42.6 Å². The first-order valence-corrected chi connectivity index (χ1v) is 8.55. The molecular formula is C20H18F3N3O3. The number of nitrogens with zero attached hydrogens (tertiary/aromatic N) is 2. The normalized spacial score (nSPS) is 11.2. The smallest absolute Gasteiger partial charge is 0.405 e. The third-order valence-electron chi connectivity index (χ3n) is 4.09. The molecule has 3 rings (SSSR count). The summed E-state index contributed by atoms with van der Waals surface area (Å²) in [5, 5.41) is 6.33. The SMILES string of the molecule is COc1ccc(OC)c(-c2nn(-c3ccccc3)cc2C(=O)NCC(F)(F)F)c1. The summed E-state index contributed by atoms with van der Waals surface area (Å²) in [7, 11) is 2.92. The molecule has 1 aromatic heterocycles. The number of alkyl halides is 3. The number of ether oxygens (including phenoxy) is 2. The van der Waals surface area contributed by atoms with E-state index in [2.05, 4.69) is 5.10 Å². The first-order chi connectivity index (χ1) is 13.8. The molecule has 9 heteroatoms. The fourth-order valence-corrected chi connectivity index (χ4v) is 2.73. The van der Waals surface area contributed by atoms with Crippen LogP contribution in [0.1, 0.15) is 10.4 Å². The Labute approximate surface area is 164 Å². The van der Waals surface area contributed by atoms with Crippen LogP contribution in [0.15, 0.2) is 54.7 Å². The Balaban J connectivity index is 2.12. The number of carbonyl (C=O) groups is 1. The second kappa shape index (κ2) is 8.26. The Morgan fingerprint density at radius 3 is 2.45 bits per heavy atom. The number of halogens is 3. The second-order valence-corrected chi connectivity index (χ2v) is 6.04. The summed E-state index contributed by atoms with van der Waals surface area (Å²) >= 11 is 0. The Bertz CT molecular complexity index is 1000. The van der Waals surface area contributed by atoms with Crippen LogP contribution in [0.3, 0.4) is 0 Å². The largest absolute Gasteiger partial charge is 0.497 e. The summed E-state index contributed by atoms with van der Waals surface area (Å²) in [5.74, 6) is -0.0185. The molecule has 3 aromatic rings. The van der Waals surface area contributed by atoms with Crippen LogP contribution in [0.25, 0.3) is 16.9 Å². The molecule has 29 heavy (non-hydrogen) atoms. The molecule has 0 radical (unpaired) electrons. The minimum Gasteiger partial charge on any atom is -0.497 e. The third kappa shape index (κ3) is 4.68. The topological polar surface area (TPSA) is 65.4 Å². The number of hydrogen-bond donors (Lipinski definition) is 1. The standard InChI is InChI=1S/C20H18F3N3O3/c1-28-14-8-9-17(29-2)15(10-14)18-16(19(27)24-12-20(21,22)23)11-26(25-18)13-6-4-3-5-7-13/h3-11H,12H2,1-2H3,(H,24,27). The van der Waals surface area contributed by atoms with Crippen molar-refractivity contribution in [2.45, 2.75) is 6.18 Å². The Morgan fingerprint density at radius 2 is 1.83 bits per heavy atom. The zero-order valence-electron chi connectivity index (χ0n) is 15.7. The Kier molecular flexibility index (Phi) is 5.76. The van der Waals surface area contributed by atoms with Gasteiger partial charge in [-0.1, -0.05) is 18.2 Å². The van der Waals surface area contributed by atoms with Gasteiger partial charge < -0.3 is 14.8 Å². The third-order valence-corrected chi connectivity index (χ3v) is 4.09. The van der Waals surface area contributed by atoms with E-state index in [-0.39, 0.29) is 11.3 Å². The summed E-state index contributed by atoms with van der Waals surface area (Å²) in [4.78, 5) is 12.5. The average Bonchev–Trinajstić information content (AvgIpc) is 3.17. The van der Waals surface area contributed by atoms with E-state index in [0.29, 0.717) is 22.7 Å². The van der Waals surface area contributed by atoms with E-state index in [1.807, 2.05) is 11.4 Å². The number of nitrogens with one attached hydrogen (secondary N) is 1. The number of amides is 1. The number of benzene rings is 2. The number of hydrogen-bond acceptors (Lipinski definition) is 4. The highest BCUT2D eigenvalue weighted by atomic mass is 19.4. The number of para-hydroxylation sites is 1. The minimum atomic E-state index is -4.53. The van der Waals surface area contributed by atoms with Crippen molar-refractivity contribution in [2.75, 3.05) is 20.8 Å². The van der Waals surface area contributed by atoms with Gasteiger partial charge in [0.1, 0.15) is 23.7 Å². The lowest BCUT2D eigenvalue weighted by molar-refractivity contribution is -0.123. The van der Waals surface area contributed by atoms with E-state index >= 15 is 0 Å². The zero-order chi connectivity index (χ0) is 21.0. The molecule has 1 amide bonds. The highest BCUT2D eigenvalue weighted by Crippen LogP contribution is 2.35. The van der Waals surface area contributed by atoms with Crippen molar-refractivity contribution < 1.29 is 27.4 Å². The highest BCUT2D eigenvalue weighted by molar-refractivity contribution is 6.00. The lowest BCUT2D eigenvalue weighted by Crippen LogP contribution is -2.33. The average molecular weight is 405 g/mol. The Hall–Kier alpha value is -3.49. The maximum absolute atomic E-state index is 12.6. The van der Waals surface area contributed by atoms with Crippen molar-refractivity contribution in [3.63, 3.8) is 0 Å². The maximum atomic E-state index is 12.6.